The third-order valence-electron chi connectivity index (χ3n) is 8.90. The Morgan fingerprint density at radius 3 is 2.83 bits per heavy atom. The minimum Gasteiger partial charge on any atom is -0.415 e. The lowest BCUT2D eigenvalue weighted by atomic mass is 9.90. The average Bonchev–Trinajstić information content (AvgIpc) is 3.37. The van der Waals surface area contributed by atoms with Gasteiger partial charge < -0.3 is 9.26 Å². The lowest BCUT2D eigenvalue weighted by Crippen LogP contribution is -2.55. The molecule has 40 heavy (non-hydrogen) atoms. The molecule has 2 aromatic heterocycles. The fourth-order valence-electron chi connectivity index (χ4n) is 6.38. The van der Waals surface area contributed by atoms with Gasteiger partial charge in [0.15, 0.2) is 5.58 Å². The van der Waals surface area contributed by atoms with Gasteiger partial charge in [0.2, 0.25) is 6.73 Å². The summed E-state index contributed by atoms with van der Waals surface area (Å²) in [5.74, 6) is 0.597. The maximum absolute atomic E-state index is 13.7. The summed E-state index contributed by atoms with van der Waals surface area (Å²) < 4.78 is 27.5. The fourth-order valence-corrected chi connectivity index (χ4v) is 6.38. The van der Waals surface area contributed by atoms with Crippen LogP contribution in [-0.2, 0) is 28.9 Å². The number of carbonyl (C=O) groups excluding carboxylic acids is 1. The molecular weight excluding hydrogens is 511 g/mol. The van der Waals surface area contributed by atoms with E-state index in [0.29, 0.717) is 36.2 Å². The van der Waals surface area contributed by atoms with E-state index in [1.807, 2.05) is 11.5 Å². The van der Waals surface area contributed by atoms with Crippen LogP contribution in [-0.4, -0.2) is 51.5 Å². The maximum atomic E-state index is 13.7. The van der Waals surface area contributed by atoms with E-state index in [0.717, 1.165) is 106 Å². The number of hydrogen-bond acceptors (Lipinski definition) is 6. The molecule has 0 radical (unpaired) electrons. The quantitative estimate of drug-likeness (QED) is 0.175. The summed E-state index contributed by atoms with van der Waals surface area (Å²) in [5.41, 5.74) is 3.02. The van der Waals surface area contributed by atoms with Crippen molar-refractivity contribution < 1.29 is 22.9 Å². The summed E-state index contributed by atoms with van der Waals surface area (Å²) in [7, 11) is 0. The first-order valence-electron chi connectivity index (χ1n) is 15.0. The van der Waals surface area contributed by atoms with Crippen LogP contribution < -0.4 is 5.56 Å². The molecule has 5 rings (SSSR count). The zero-order valence-corrected chi connectivity index (χ0v) is 23.9. The van der Waals surface area contributed by atoms with Gasteiger partial charge in [-0.25, -0.2) is 9.37 Å². The predicted octanol–water partition coefficient (Wildman–Crippen LogP) is 5.58. The number of unbranched alkanes of at least 4 members (excludes halogenated alkanes) is 3. The molecule has 0 spiro atoms. The van der Waals surface area contributed by atoms with Gasteiger partial charge in [-0.1, -0.05) is 31.3 Å². The molecule has 0 atom stereocenters. The van der Waals surface area contributed by atoms with E-state index in [1.165, 1.54) is 12.1 Å². The number of nitrogens with zero attached hydrogens (tertiary/aromatic N) is 4. The van der Waals surface area contributed by atoms with Gasteiger partial charge in [0.25, 0.3) is 5.56 Å². The fraction of sp³-hybridized carbons (Fsp3) is 0.613. The normalized spacial score (nSPS) is 20.9. The van der Waals surface area contributed by atoms with Crippen molar-refractivity contribution in [3.05, 3.63) is 57.1 Å². The van der Waals surface area contributed by atoms with Crippen molar-refractivity contribution in [3.8, 4) is 0 Å². The third-order valence-corrected chi connectivity index (χ3v) is 8.90. The summed E-state index contributed by atoms with van der Waals surface area (Å²) >= 11 is 0. The number of fused-ring (bicyclic) bond motifs is 2. The number of rotatable bonds is 11. The molecule has 1 saturated heterocycles. The van der Waals surface area contributed by atoms with Crippen molar-refractivity contribution in [2.75, 3.05) is 26.4 Å². The van der Waals surface area contributed by atoms with Gasteiger partial charge in [-0.15, -0.1) is 0 Å². The zero-order chi connectivity index (χ0) is 28.1. The van der Waals surface area contributed by atoms with Gasteiger partial charge >= 0.3 is 5.97 Å². The van der Waals surface area contributed by atoms with Crippen LogP contribution in [0.15, 0.2) is 27.5 Å². The van der Waals surface area contributed by atoms with Crippen LogP contribution >= 0.6 is 0 Å². The van der Waals surface area contributed by atoms with Crippen LogP contribution in [0, 0.1) is 12.7 Å². The molecule has 0 saturated carbocycles. The van der Waals surface area contributed by atoms with Crippen LogP contribution in [0.25, 0.3) is 11.0 Å². The molecule has 0 unspecified atom stereocenters. The monoisotopic (exact) mass is 553 g/mol. The second-order valence-electron chi connectivity index (χ2n) is 11.7. The predicted molar refractivity (Wildman–Crippen MR) is 150 cm³/mol. The molecule has 4 heterocycles. The number of likely N-dealkylation sites (tertiary alicyclic amines) is 1. The number of ether oxygens (including phenoxy) is 1. The first kappa shape index (κ1) is 28.5. The molecule has 2 aliphatic rings. The van der Waals surface area contributed by atoms with E-state index < -0.39 is 0 Å². The standard InChI is InChI=1S/C31H42FN4O4/c1-3-4-5-6-10-29(37)39-21-36(19-15-25-22(2)33-28-9-7-8-16-35(28)31(25)38)17-13-23(14-18-36)30-26-12-11-24(32)20-27(26)40-34-30/h11-12,20,23H,3-10,13-19,21H2,1-2H3/q+1. The van der Waals surface area contributed by atoms with Crippen molar-refractivity contribution in [3.63, 3.8) is 0 Å². The highest BCUT2D eigenvalue weighted by atomic mass is 19.1. The van der Waals surface area contributed by atoms with Crippen molar-refractivity contribution in [2.24, 2.45) is 0 Å². The third kappa shape index (κ3) is 6.29. The summed E-state index contributed by atoms with van der Waals surface area (Å²) in [6.45, 7) is 7.44. The topological polar surface area (TPSA) is 87.2 Å². The number of carbonyl (C=O) groups is 1. The highest BCUT2D eigenvalue weighted by Crippen LogP contribution is 2.35. The molecule has 1 aromatic carbocycles. The van der Waals surface area contributed by atoms with Gasteiger partial charge in [0.1, 0.15) is 11.6 Å². The largest absolute Gasteiger partial charge is 0.415 e. The van der Waals surface area contributed by atoms with Crippen molar-refractivity contribution in [2.45, 2.75) is 96.9 Å². The van der Waals surface area contributed by atoms with Gasteiger partial charge in [0.05, 0.1) is 25.3 Å². The Morgan fingerprint density at radius 2 is 2.02 bits per heavy atom. The lowest BCUT2D eigenvalue weighted by molar-refractivity contribution is -0.948. The van der Waals surface area contributed by atoms with Crippen LogP contribution in [0.4, 0.5) is 4.39 Å². The van der Waals surface area contributed by atoms with E-state index in [9.17, 15) is 14.0 Å². The van der Waals surface area contributed by atoms with Crippen LogP contribution in [0.3, 0.4) is 0 Å². The Bertz CT molecular complexity index is 1390. The summed E-state index contributed by atoms with van der Waals surface area (Å²) in [5, 5.41) is 5.16. The number of quaternary nitrogens is 1. The first-order chi connectivity index (χ1) is 19.4. The number of piperidine rings is 1. The van der Waals surface area contributed by atoms with Gasteiger partial charge in [-0.2, -0.15) is 0 Å². The zero-order valence-electron chi connectivity index (χ0n) is 23.9. The average molecular weight is 554 g/mol. The van der Waals surface area contributed by atoms with E-state index >= 15 is 0 Å². The second-order valence-corrected chi connectivity index (χ2v) is 11.7. The van der Waals surface area contributed by atoms with Crippen molar-refractivity contribution in [1.29, 1.82) is 0 Å². The molecule has 0 amide bonds. The maximum Gasteiger partial charge on any atom is 0.310 e. The Morgan fingerprint density at radius 1 is 1.20 bits per heavy atom. The smallest absolute Gasteiger partial charge is 0.310 e. The molecular formula is C31H42FN4O4+. The summed E-state index contributed by atoms with van der Waals surface area (Å²) in [4.78, 5) is 30.8. The molecule has 216 valence electrons. The minimum atomic E-state index is -0.339. The highest BCUT2D eigenvalue weighted by Gasteiger charge is 2.37. The summed E-state index contributed by atoms with van der Waals surface area (Å²) in [6, 6.07) is 4.56. The van der Waals surface area contributed by atoms with E-state index in [2.05, 4.69) is 12.1 Å². The van der Waals surface area contributed by atoms with Gasteiger partial charge in [-0.3, -0.25) is 18.6 Å². The van der Waals surface area contributed by atoms with Crippen LogP contribution in [0.2, 0.25) is 0 Å². The number of aryl methyl sites for hydroxylation is 2. The molecule has 0 N–H and O–H groups in total. The minimum absolute atomic E-state index is 0.0875. The Kier molecular flexibility index (Phi) is 8.98. The number of esters is 1. The first-order valence-corrected chi connectivity index (χ1v) is 15.0. The number of halogens is 1. The van der Waals surface area contributed by atoms with Crippen LogP contribution in [0.1, 0.15) is 93.4 Å². The number of benzene rings is 1. The number of aromatic nitrogens is 3. The van der Waals surface area contributed by atoms with Crippen molar-refractivity contribution >= 4 is 16.9 Å². The SMILES string of the molecule is CCCCCCC(=O)OC[N+]1(CCc2c(C)nc3n(c2=O)CCCC3)CCC(c2noc3cc(F)ccc23)CC1. The Hall–Kier alpha value is -3.07. The summed E-state index contributed by atoms with van der Waals surface area (Å²) in [6.07, 6.45) is 9.81. The molecule has 1 fully saturated rings. The Balaban J connectivity index is 1.31. The van der Waals surface area contributed by atoms with Crippen LogP contribution in [0.5, 0.6) is 0 Å². The van der Waals surface area contributed by atoms with Gasteiger partial charge in [-0.05, 0) is 38.3 Å². The van der Waals surface area contributed by atoms with Crippen molar-refractivity contribution in [1.82, 2.24) is 14.7 Å². The Labute approximate surface area is 235 Å². The lowest BCUT2D eigenvalue weighted by Gasteiger charge is -2.42. The van der Waals surface area contributed by atoms with E-state index in [1.54, 1.807) is 6.07 Å². The highest BCUT2D eigenvalue weighted by molar-refractivity contribution is 5.79. The molecule has 0 aliphatic carbocycles. The van der Waals surface area contributed by atoms with Gasteiger partial charge in [0, 0.05) is 67.3 Å². The van der Waals surface area contributed by atoms with E-state index in [4.69, 9.17) is 14.2 Å². The molecule has 2 aliphatic heterocycles. The molecule has 3 aromatic rings. The molecule has 9 heteroatoms. The molecule has 0 bridgehead atoms. The van der Waals surface area contributed by atoms with E-state index in [-0.39, 0.29) is 23.3 Å². The second kappa shape index (κ2) is 12.6. The molecule has 8 nitrogen and oxygen atoms in total. The number of hydrogen-bond donors (Lipinski definition) is 0.